The first-order valence-corrected chi connectivity index (χ1v) is 7.44. The molecular formula is C15H11ClF4N4O. The van der Waals surface area contributed by atoms with Crippen LogP contribution >= 0.6 is 11.6 Å². The highest BCUT2D eigenvalue weighted by molar-refractivity contribution is 6.31. The van der Waals surface area contributed by atoms with Crippen molar-refractivity contribution in [1.29, 1.82) is 0 Å². The standard InChI is InChI=1S/C15H11ClF4N4O/c1-7-12(16)8(2)24(22-7)6-10-4-3-9(5-11(10)17)13-21-14(25-23-13)15(18,19)20/h3-5H,6H2,1-2H3. The van der Waals surface area contributed by atoms with Crippen molar-refractivity contribution in [3.05, 3.63) is 51.9 Å². The van der Waals surface area contributed by atoms with Crippen LogP contribution in [-0.2, 0) is 12.7 Å². The van der Waals surface area contributed by atoms with Crippen LogP contribution in [0.4, 0.5) is 17.6 Å². The molecule has 0 unspecified atom stereocenters. The highest BCUT2D eigenvalue weighted by atomic mass is 35.5. The SMILES string of the molecule is Cc1nn(Cc2ccc(-c3noc(C(F)(F)F)n3)cc2F)c(C)c1Cl. The lowest BCUT2D eigenvalue weighted by Gasteiger charge is -2.07. The second-order valence-electron chi connectivity index (χ2n) is 5.37. The van der Waals surface area contributed by atoms with Crippen molar-refractivity contribution in [3.8, 4) is 11.4 Å². The fourth-order valence-corrected chi connectivity index (χ4v) is 2.40. The topological polar surface area (TPSA) is 56.7 Å². The van der Waals surface area contributed by atoms with E-state index >= 15 is 0 Å². The molecule has 3 aromatic rings. The Hall–Kier alpha value is -2.42. The quantitative estimate of drug-likeness (QED) is 0.637. The van der Waals surface area contributed by atoms with Gasteiger partial charge in [0.1, 0.15) is 5.82 Å². The minimum absolute atomic E-state index is 0.0758. The Balaban J connectivity index is 1.88. The van der Waals surface area contributed by atoms with Crippen LogP contribution in [0.1, 0.15) is 22.8 Å². The second-order valence-corrected chi connectivity index (χ2v) is 5.75. The van der Waals surface area contributed by atoms with Gasteiger partial charge in [0, 0.05) is 11.1 Å². The number of aryl methyl sites for hydroxylation is 1. The van der Waals surface area contributed by atoms with Gasteiger partial charge in [-0.15, -0.1) is 0 Å². The van der Waals surface area contributed by atoms with E-state index in [1.807, 2.05) is 0 Å². The molecular weight excluding hydrogens is 364 g/mol. The molecule has 10 heteroatoms. The third kappa shape index (κ3) is 3.37. The van der Waals surface area contributed by atoms with E-state index < -0.39 is 17.9 Å². The molecule has 2 heterocycles. The Morgan fingerprint density at radius 3 is 2.48 bits per heavy atom. The number of benzene rings is 1. The van der Waals surface area contributed by atoms with Crippen molar-refractivity contribution in [1.82, 2.24) is 19.9 Å². The average Bonchev–Trinajstić information content (AvgIpc) is 3.12. The molecule has 0 aliphatic carbocycles. The van der Waals surface area contributed by atoms with Crippen molar-refractivity contribution in [2.24, 2.45) is 0 Å². The lowest BCUT2D eigenvalue weighted by Crippen LogP contribution is -2.06. The van der Waals surface area contributed by atoms with Crippen LogP contribution in [0, 0.1) is 19.7 Å². The predicted octanol–water partition coefficient (Wildman–Crippen LogP) is 4.41. The largest absolute Gasteiger partial charge is 0.471 e. The smallest absolute Gasteiger partial charge is 0.329 e. The van der Waals surface area contributed by atoms with Gasteiger partial charge in [-0.2, -0.15) is 23.3 Å². The Morgan fingerprint density at radius 2 is 1.96 bits per heavy atom. The maximum atomic E-state index is 14.3. The number of hydrogen-bond acceptors (Lipinski definition) is 4. The molecule has 0 bridgehead atoms. The highest BCUT2D eigenvalue weighted by Gasteiger charge is 2.38. The summed E-state index contributed by atoms with van der Waals surface area (Å²) in [6.45, 7) is 3.62. The van der Waals surface area contributed by atoms with Gasteiger partial charge in [0.05, 0.1) is 23.0 Å². The summed E-state index contributed by atoms with van der Waals surface area (Å²) in [5.41, 5.74) is 1.69. The minimum Gasteiger partial charge on any atom is -0.329 e. The van der Waals surface area contributed by atoms with Crippen LogP contribution in [0.15, 0.2) is 22.7 Å². The fraction of sp³-hybridized carbons (Fsp3) is 0.267. The summed E-state index contributed by atoms with van der Waals surface area (Å²) in [5.74, 6) is -2.45. The van der Waals surface area contributed by atoms with Crippen molar-refractivity contribution in [2.75, 3.05) is 0 Å². The number of halogens is 5. The predicted molar refractivity (Wildman–Crippen MR) is 80.5 cm³/mol. The second kappa shape index (κ2) is 6.14. The summed E-state index contributed by atoms with van der Waals surface area (Å²) >= 11 is 6.05. The van der Waals surface area contributed by atoms with Gasteiger partial charge in [0.25, 0.3) is 0 Å². The fourth-order valence-electron chi connectivity index (χ4n) is 2.26. The molecule has 0 aliphatic rings. The van der Waals surface area contributed by atoms with Crippen LogP contribution in [-0.4, -0.2) is 19.9 Å². The maximum Gasteiger partial charge on any atom is 0.471 e. The van der Waals surface area contributed by atoms with E-state index in [4.69, 9.17) is 11.6 Å². The maximum absolute atomic E-state index is 14.3. The monoisotopic (exact) mass is 374 g/mol. The molecule has 0 aliphatic heterocycles. The van der Waals surface area contributed by atoms with Crippen LogP contribution in [0.3, 0.4) is 0 Å². The summed E-state index contributed by atoms with van der Waals surface area (Å²) < 4.78 is 57.5. The molecule has 0 atom stereocenters. The number of hydrogen-bond donors (Lipinski definition) is 0. The van der Waals surface area contributed by atoms with E-state index in [-0.39, 0.29) is 17.9 Å². The van der Waals surface area contributed by atoms with Gasteiger partial charge < -0.3 is 4.52 Å². The third-order valence-electron chi connectivity index (χ3n) is 3.59. The van der Waals surface area contributed by atoms with Crippen molar-refractivity contribution in [3.63, 3.8) is 0 Å². The van der Waals surface area contributed by atoms with Gasteiger partial charge >= 0.3 is 12.1 Å². The molecule has 0 N–H and O–H groups in total. The van der Waals surface area contributed by atoms with Gasteiger partial charge in [0.2, 0.25) is 5.82 Å². The van der Waals surface area contributed by atoms with E-state index in [0.717, 1.165) is 6.07 Å². The summed E-state index contributed by atoms with van der Waals surface area (Å²) in [5, 5.41) is 7.94. The molecule has 1 aromatic carbocycles. The minimum atomic E-state index is -4.75. The van der Waals surface area contributed by atoms with E-state index in [1.165, 1.54) is 12.1 Å². The zero-order chi connectivity index (χ0) is 18.4. The van der Waals surface area contributed by atoms with Gasteiger partial charge in [-0.1, -0.05) is 28.9 Å². The van der Waals surface area contributed by atoms with E-state index in [0.29, 0.717) is 22.0 Å². The Kier molecular flexibility index (Phi) is 4.28. The molecule has 0 spiro atoms. The van der Waals surface area contributed by atoms with Crippen LogP contribution < -0.4 is 0 Å². The summed E-state index contributed by atoms with van der Waals surface area (Å²) in [4.78, 5) is 3.23. The van der Waals surface area contributed by atoms with Crippen molar-refractivity contribution < 1.29 is 22.1 Å². The Bertz CT molecular complexity index is 932. The normalized spacial score (nSPS) is 12.0. The third-order valence-corrected chi connectivity index (χ3v) is 4.14. The van der Waals surface area contributed by atoms with Crippen LogP contribution in [0.25, 0.3) is 11.4 Å². The molecule has 5 nitrogen and oxygen atoms in total. The van der Waals surface area contributed by atoms with E-state index in [9.17, 15) is 17.6 Å². The van der Waals surface area contributed by atoms with Gasteiger partial charge in [-0.25, -0.2) is 4.39 Å². The molecule has 0 saturated heterocycles. The summed E-state index contributed by atoms with van der Waals surface area (Å²) in [6, 6.07) is 3.89. The molecule has 0 amide bonds. The summed E-state index contributed by atoms with van der Waals surface area (Å²) in [6.07, 6.45) is -4.75. The van der Waals surface area contributed by atoms with Crippen molar-refractivity contribution >= 4 is 11.6 Å². The molecule has 0 saturated carbocycles. The van der Waals surface area contributed by atoms with Gasteiger partial charge in [-0.05, 0) is 19.9 Å². The summed E-state index contributed by atoms with van der Waals surface area (Å²) in [7, 11) is 0. The lowest BCUT2D eigenvalue weighted by molar-refractivity contribution is -0.159. The first-order chi connectivity index (χ1) is 11.7. The van der Waals surface area contributed by atoms with Gasteiger partial charge in [-0.3, -0.25) is 4.68 Å². The molecule has 0 radical (unpaired) electrons. The molecule has 132 valence electrons. The zero-order valence-electron chi connectivity index (χ0n) is 13.0. The lowest BCUT2D eigenvalue weighted by atomic mass is 10.1. The zero-order valence-corrected chi connectivity index (χ0v) is 13.8. The number of aromatic nitrogens is 4. The van der Waals surface area contributed by atoms with E-state index in [1.54, 1.807) is 18.5 Å². The average molecular weight is 375 g/mol. The van der Waals surface area contributed by atoms with Crippen LogP contribution in [0.2, 0.25) is 5.02 Å². The molecule has 25 heavy (non-hydrogen) atoms. The Morgan fingerprint density at radius 1 is 1.24 bits per heavy atom. The first-order valence-electron chi connectivity index (χ1n) is 7.06. The van der Waals surface area contributed by atoms with Crippen LogP contribution in [0.5, 0.6) is 0 Å². The molecule has 3 rings (SSSR count). The van der Waals surface area contributed by atoms with Crippen molar-refractivity contribution in [2.45, 2.75) is 26.6 Å². The number of nitrogens with zero attached hydrogens (tertiary/aromatic N) is 4. The molecule has 0 fully saturated rings. The van der Waals surface area contributed by atoms with Gasteiger partial charge in [0.15, 0.2) is 0 Å². The Labute approximate surface area is 144 Å². The molecule has 2 aromatic heterocycles. The first kappa shape index (κ1) is 17.4. The number of alkyl halides is 3. The van der Waals surface area contributed by atoms with E-state index in [2.05, 4.69) is 19.8 Å². The highest BCUT2D eigenvalue weighted by Crippen LogP contribution is 2.30. The number of rotatable bonds is 3.